The zero-order valence-corrected chi connectivity index (χ0v) is 22.6. The van der Waals surface area contributed by atoms with E-state index in [4.69, 9.17) is 4.74 Å². The van der Waals surface area contributed by atoms with Crippen LogP contribution in [0.2, 0.25) is 0 Å². The number of piperazine rings is 2. The van der Waals surface area contributed by atoms with Crippen LogP contribution in [-0.2, 0) is 11.3 Å². The molecule has 5 heterocycles. The Labute approximate surface area is 223 Å². The van der Waals surface area contributed by atoms with Crippen molar-refractivity contribution in [3.05, 3.63) is 59.4 Å². The van der Waals surface area contributed by atoms with Gasteiger partial charge in [-0.15, -0.1) is 0 Å². The third kappa shape index (κ3) is 4.33. The van der Waals surface area contributed by atoms with Crippen molar-refractivity contribution < 1.29 is 9.53 Å². The quantitative estimate of drug-likeness (QED) is 0.512. The van der Waals surface area contributed by atoms with E-state index in [0.29, 0.717) is 30.9 Å². The molecule has 0 unspecified atom stereocenters. The summed E-state index contributed by atoms with van der Waals surface area (Å²) in [5.74, 6) is 0. The van der Waals surface area contributed by atoms with Gasteiger partial charge in [0.2, 0.25) is 0 Å². The first-order valence-corrected chi connectivity index (χ1v) is 13.4. The first kappa shape index (κ1) is 24.6. The summed E-state index contributed by atoms with van der Waals surface area (Å²) in [6, 6.07) is 15.8. The minimum absolute atomic E-state index is 0.225. The molecular weight excluding hydrogens is 478 g/mol. The van der Waals surface area contributed by atoms with Crippen molar-refractivity contribution in [1.29, 1.82) is 5.26 Å². The van der Waals surface area contributed by atoms with Crippen LogP contribution in [0.4, 0.5) is 16.2 Å². The molecule has 0 N–H and O–H groups in total. The molecule has 6 rings (SSSR count). The molecule has 0 bridgehead atoms. The van der Waals surface area contributed by atoms with E-state index >= 15 is 0 Å². The molecule has 2 aromatic heterocycles. The smallest absolute Gasteiger partial charge is 0.410 e. The molecule has 3 aromatic rings. The average molecular weight is 514 g/mol. The summed E-state index contributed by atoms with van der Waals surface area (Å²) in [7, 11) is 0. The third-order valence-corrected chi connectivity index (χ3v) is 7.97. The summed E-state index contributed by atoms with van der Waals surface area (Å²) in [5, 5.41) is 13.8. The van der Waals surface area contributed by atoms with Crippen LogP contribution in [0.15, 0.2) is 42.6 Å². The summed E-state index contributed by atoms with van der Waals surface area (Å²) in [5.41, 5.74) is 6.19. The van der Waals surface area contributed by atoms with Crippen molar-refractivity contribution in [2.75, 3.05) is 49.1 Å². The molecule has 0 aliphatic carbocycles. The van der Waals surface area contributed by atoms with Gasteiger partial charge in [-0.1, -0.05) is 6.07 Å². The van der Waals surface area contributed by atoms with E-state index < -0.39 is 5.60 Å². The molecule has 3 aliphatic heterocycles. The molecule has 198 valence electrons. The molecule has 9 nitrogen and oxygen atoms in total. The number of nitriles is 1. The number of carbonyl (C=O) groups excluding carboxylic acids is 1. The highest BCUT2D eigenvalue weighted by Crippen LogP contribution is 2.41. The Morgan fingerprint density at radius 2 is 1.84 bits per heavy atom. The minimum atomic E-state index is -0.474. The Hall–Kier alpha value is -3.77. The van der Waals surface area contributed by atoms with Gasteiger partial charge in [0.15, 0.2) is 0 Å². The minimum Gasteiger partial charge on any atom is -0.444 e. The molecule has 3 aliphatic rings. The predicted molar refractivity (Wildman–Crippen MR) is 146 cm³/mol. The van der Waals surface area contributed by atoms with Crippen LogP contribution in [0, 0.1) is 11.3 Å². The van der Waals surface area contributed by atoms with Gasteiger partial charge in [0, 0.05) is 57.5 Å². The lowest BCUT2D eigenvalue weighted by molar-refractivity contribution is 0.0240. The van der Waals surface area contributed by atoms with Crippen LogP contribution in [0.25, 0.3) is 5.52 Å². The summed E-state index contributed by atoms with van der Waals surface area (Å²) in [6.07, 6.45) is 1.54. The fourth-order valence-corrected chi connectivity index (χ4v) is 6.14. The number of aromatic nitrogens is 2. The van der Waals surface area contributed by atoms with Crippen molar-refractivity contribution >= 4 is 23.0 Å². The van der Waals surface area contributed by atoms with Gasteiger partial charge in [0.25, 0.3) is 0 Å². The number of nitrogens with zero attached hydrogens (tertiary/aromatic N) is 7. The number of anilines is 2. The Bertz CT molecular complexity index is 1410. The largest absolute Gasteiger partial charge is 0.444 e. The third-order valence-electron chi connectivity index (χ3n) is 7.97. The highest BCUT2D eigenvalue weighted by atomic mass is 16.6. The molecule has 0 radical (unpaired) electrons. The Balaban J connectivity index is 1.18. The molecular formula is C29H35N7O2. The van der Waals surface area contributed by atoms with E-state index in [-0.39, 0.29) is 6.09 Å². The zero-order chi connectivity index (χ0) is 26.6. The van der Waals surface area contributed by atoms with Crippen molar-refractivity contribution in [2.45, 2.75) is 51.9 Å². The van der Waals surface area contributed by atoms with Gasteiger partial charge in [0.05, 0.1) is 23.4 Å². The highest BCUT2D eigenvalue weighted by Gasteiger charge is 2.39. The Morgan fingerprint density at radius 1 is 1.05 bits per heavy atom. The molecule has 9 heteroatoms. The maximum Gasteiger partial charge on any atom is 0.410 e. The van der Waals surface area contributed by atoms with E-state index in [0.717, 1.165) is 43.9 Å². The molecule has 2 saturated heterocycles. The number of fused-ring (bicyclic) bond motifs is 4. The number of rotatable bonds is 2. The van der Waals surface area contributed by atoms with Gasteiger partial charge in [-0.2, -0.15) is 10.4 Å². The number of pyridine rings is 1. The van der Waals surface area contributed by atoms with Crippen LogP contribution in [0.5, 0.6) is 0 Å². The molecule has 1 amide bonds. The predicted octanol–water partition coefficient (Wildman–Crippen LogP) is 4.03. The van der Waals surface area contributed by atoms with Gasteiger partial charge in [-0.25, -0.2) is 9.31 Å². The maximum absolute atomic E-state index is 12.5. The number of amides is 1. The van der Waals surface area contributed by atoms with Gasteiger partial charge in [0.1, 0.15) is 17.4 Å². The first-order valence-electron chi connectivity index (χ1n) is 13.4. The lowest BCUT2D eigenvalue weighted by Crippen LogP contribution is -2.51. The van der Waals surface area contributed by atoms with Gasteiger partial charge in [-0.05, 0) is 69.2 Å². The van der Waals surface area contributed by atoms with Crippen LogP contribution < -0.4 is 9.80 Å². The number of ether oxygens (including phenoxy) is 1. The SMILES string of the molecule is C[C@@H]1CN(c2ccc(C#N)n3nccc23)C[C@@H]2c3ccc(N4CCN(C(=O)OC(C)(C)C)CC4)cc3CN12. The van der Waals surface area contributed by atoms with Crippen LogP contribution in [-0.4, -0.2) is 76.4 Å². The Kier molecular flexibility index (Phi) is 5.95. The number of hydrogen-bond donors (Lipinski definition) is 0. The van der Waals surface area contributed by atoms with E-state index in [1.165, 1.54) is 16.8 Å². The second-order valence-corrected chi connectivity index (χ2v) is 11.6. The summed E-state index contributed by atoms with van der Waals surface area (Å²) in [4.78, 5) is 21.7. The molecule has 38 heavy (non-hydrogen) atoms. The van der Waals surface area contributed by atoms with Gasteiger partial charge >= 0.3 is 6.09 Å². The van der Waals surface area contributed by atoms with Crippen molar-refractivity contribution in [2.24, 2.45) is 0 Å². The summed E-state index contributed by atoms with van der Waals surface area (Å²) < 4.78 is 7.29. The highest BCUT2D eigenvalue weighted by molar-refractivity contribution is 5.74. The monoisotopic (exact) mass is 513 g/mol. The standard InChI is InChI=1S/C29H35N7O2/c1-20-17-34(25-8-6-23(16-30)36-26(25)9-10-31-36)19-27-24-7-5-22(15-21(24)18-35(20)27)32-11-13-33(14-12-32)28(37)38-29(2,3)4/h5-10,15,20,27H,11-14,17-19H2,1-4H3/t20-,27-/m1/s1. The van der Waals surface area contributed by atoms with E-state index in [1.807, 2.05) is 37.8 Å². The number of benzene rings is 1. The maximum atomic E-state index is 12.5. The van der Waals surface area contributed by atoms with Crippen molar-refractivity contribution in [3.8, 4) is 6.07 Å². The lowest BCUT2D eigenvalue weighted by Gasteiger charge is -2.43. The van der Waals surface area contributed by atoms with E-state index in [1.54, 1.807) is 10.7 Å². The van der Waals surface area contributed by atoms with E-state index in [9.17, 15) is 10.1 Å². The first-order chi connectivity index (χ1) is 18.2. The van der Waals surface area contributed by atoms with Crippen LogP contribution in [0.1, 0.15) is 50.6 Å². The fraction of sp³-hybridized carbons (Fsp3) is 0.483. The van der Waals surface area contributed by atoms with Crippen LogP contribution in [0.3, 0.4) is 0 Å². The van der Waals surface area contributed by atoms with Crippen molar-refractivity contribution in [3.63, 3.8) is 0 Å². The Morgan fingerprint density at radius 3 is 2.58 bits per heavy atom. The van der Waals surface area contributed by atoms with Gasteiger partial charge in [-0.3, -0.25) is 4.90 Å². The molecule has 2 fully saturated rings. The lowest BCUT2D eigenvalue weighted by atomic mass is 10.0. The van der Waals surface area contributed by atoms with E-state index in [2.05, 4.69) is 57.1 Å². The molecule has 2 atom stereocenters. The molecule has 1 aromatic carbocycles. The van der Waals surface area contributed by atoms with Gasteiger partial charge < -0.3 is 19.4 Å². The molecule has 0 spiro atoms. The average Bonchev–Trinajstić information content (AvgIpc) is 3.52. The number of carbonyl (C=O) groups is 1. The topological polar surface area (TPSA) is 80.3 Å². The fourth-order valence-electron chi connectivity index (χ4n) is 6.14. The zero-order valence-electron chi connectivity index (χ0n) is 22.6. The summed E-state index contributed by atoms with van der Waals surface area (Å²) in [6.45, 7) is 13.7. The number of hydrogen-bond acceptors (Lipinski definition) is 7. The second-order valence-electron chi connectivity index (χ2n) is 11.6. The summed E-state index contributed by atoms with van der Waals surface area (Å²) >= 11 is 0. The van der Waals surface area contributed by atoms with Crippen molar-refractivity contribution in [1.82, 2.24) is 19.4 Å². The second kappa shape index (κ2) is 9.21. The van der Waals surface area contributed by atoms with Crippen LogP contribution >= 0.6 is 0 Å². The molecule has 0 saturated carbocycles. The normalized spacial score (nSPS) is 21.8.